The topological polar surface area (TPSA) is 103 Å². The van der Waals surface area contributed by atoms with Gasteiger partial charge in [-0.05, 0) is 31.7 Å². The number of aliphatic carboxylic acids is 1. The maximum atomic E-state index is 13.2. The Bertz CT molecular complexity index is 1530. The van der Waals surface area contributed by atoms with E-state index in [4.69, 9.17) is 9.72 Å². The van der Waals surface area contributed by atoms with Gasteiger partial charge in [-0.1, -0.05) is 66.7 Å². The van der Waals surface area contributed by atoms with E-state index in [1.165, 1.54) is 10.9 Å². The standard InChI is InChI=1S/C33H35N3O5S/c1-23-29(34-32(42-23)36-19-17-35(2)18-20-36)16-21-41-26-14-12-24(13-15-26)22-33(40,31(38)39)28-11-7-6-10-27(28)30(37)25-8-4-3-5-9-25/h3-15,40H,16-22H2,1-2H3,(H,38,39)/t33-/m0/s1. The summed E-state index contributed by atoms with van der Waals surface area (Å²) < 4.78 is 5.97. The van der Waals surface area contributed by atoms with Crippen LogP contribution >= 0.6 is 11.3 Å². The first kappa shape index (κ1) is 29.4. The molecule has 1 saturated heterocycles. The number of hydrogen-bond donors (Lipinski definition) is 2. The molecule has 9 heteroatoms. The zero-order chi connectivity index (χ0) is 29.7. The Morgan fingerprint density at radius 1 is 0.952 bits per heavy atom. The molecule has 1 aliphatic heterocycles. The van der Waals surface area contributed by atoms with E-state index in [0.29, 0.717) is 29.9 Å². The van der Waals surface area contributed by atoms with Crippen molar-refractivity contribution in [2.24, 2.45) is 0 Å². The fourth-order valence-corrected chi connectivity index (χ4v) is 6.12. The molecule has 0 saturated carbocycles. The van der Waals surface area contributed by atoms with Crippen molar-refractivity contribution in [1.29, 1.82) is 0 Å². The van der Waals surface area contributed by atoms with Crippen molar-refractivity contribution in [3.05, 3.63) is 112 Å². The van der Waals surface area contributed by atoms with Gasteiger partial charge in [0.1, 0.15) is 5.75 Å². The van der Waals surface area contributed by atoms with Crippen LogP contribution in [0.5, 0.6) is 5.75 Å². The van der Waals surface area contributed by atoms with Crippen molar-refractivity contribution in [2.75, 3.05) is 44.7 Å². The van der Waals surface area contributed by atoms with Gasteiger partial charge in [0.25, 0.3) is 0 Å². The number of nitrogens with zero attached hydrogens (tertiary/aromatic N) is 3. The van der Waals surface area contributed by atoms with Gasteiger partial charge < -0.3 is 24.7 Å². The number of rotatable bonds is 11. The highest BCUT2D eigenvalue weighted by Gasteiger charge is 2.41. The van der Waals surface area contributed by atoms with Gasteiger partial charge in [0, 0.05) is 60.6 Å². The summed E-state index contributed by atoms with van der Waals surface area (Å²) in [5.41, 5.74) is -0.0276. The molecular weight excluding hydrogens is 550 g/mol. The van der Waals surface area contributed by atoms with Gasteiger partial charge in [-0.15, -0.1) is 11.3 Å². The zero-order valence-corrected chi connectivity index (χ0v) is 24.6. The number of likely N-dealkylation sites (N-methyl/N-ethyl adjacent to an activating group) is 1. The van der Waals surface area contributed by atoms with Crippen molar-refractivity contribution in [3.8, 4) is 5.75 Å². The predicted octanol–water partition coefficient (Wildman–Crippen LogP) is 4.57. The first-order chi connectivity index (χ1) is 20.2. The van der Waals surface area contributed by atoms with E-state index >= 15 is 0 Å². The van der Waals surface area contributed by atoms with E-state index in [0.717, 1.165) is 37.0 Å². The third kappa shape index (κ3) is 6.54. The maximum absolute atomic E-state index is 13.2. The number of carboxylic acid groups (broad SMARTS) is 1. The minimum atomic E-state index is -2.30. The molecule has 0 bridgehead atoms. The van der Waals surface area contributed by atoms with Gasteiger partial charge in [-0.2, -0.15) is 0 Å². The summed E-state index contributed by atoms with van der Waals surface area (Å²) in [7, 11) is 2.14. The molecular formula is C33H35N3O5S. The van der Waals surface area contributed by atoms with Gasteiger partial charge >= 0.3 is 5.97 Å². The number of carbonyl (C=O) groups is 2. The largest absolute Gasteiger partial charge is 0.493 e. The highest BCUT2D eigenvalue weighted by Crippen LogP contribution is 2.32. The van der Waals surface area contributed by atoms with Crippen LogP contribution in [0.2, 0.25) is 0 Å². The normalized spacial score (nSPS) is 15.3. The second kappa shape index (κ2) is 12.9. The van der Waals surface area contributed by atoms with E-state index in [9.17, 15) is 19.8 Å². The van der Waals surface area contributed by atoms with Gasteiger partial charge in [-0.25, -0.2) is 9.78 Å². The number of carbonyl (C=O) groups excluding carboxylic acids is 1. The Labute approximate surface area is 249 Å². The smallest absolute Gasteiger partial charge is 0.340 e. The summed E-state index contributed by atoms with van der Waals surface area (Å²) in [6.07, 6.45) is 0.470. The lowest BCUT2D eigenvalue weighted by molar-refractivity contribution is -0.159. The van der Waals surface area contributed by atoms with E-state index in [-0.39, 0.29) is 23.3 Å². The number of piperazine rings is 1. The SMILES string of the molecule is Cc1sc(N2CCN(C)CC2)nc1CCOc1ccc(C[C@@](O)(C(=O)O)c2ccccc2C(=O)c2ccccc2)cc1. The molecule has 3 aromatic carbocycles. The van der Waals surface area contributed by atoms with E-state index in [1.54, 1.807) is 84.1 Å². The number of aryl methyl sites for hydroxylation is 1. The number of thiazole rings is 1. The van der Waals surface area contributed by atoms with Crippen molar-refractivity contribution in [2.45, 2.75) is 25.4 Å². The molecule has 42 heavy (non-hydrogen) atoms. The van der Waals surface area contributed by atoms with Crippen LogP contribution in [-0.2, 0) is 23.2 Å². The summed E-state index contributed by atoms with van der Waals surface area (Å²) >= 11 is 1.73. The minimum absolute atomic E-state index is 0.0567. The van der Waals surface area contributed by atoms with Crippen molar-refractivity contribution >= 4 is 28.2 Å². The number of carboxylic acids is 1. The Morgan fingerprint density at radius 2 is 1.62 bits per heavy atom. The van der Waals surface area contributed by atoms with Crippen molar-refractivity contribution in [1.82, 2.24) is 9.88 Å². The van der Waals surface area contributed by atoms with Gasteiger partial charge in [0.2, 0.25) is 0 Å². The first-order valence-electron chi connectivity index (χ1n) is 14.0. The average molecular weight is 586 g/mol. The van der Waals surface area contributed by atoms with E-state index in [2.05, 4.69) is 23.8 Å². The number of anilines is 1. The van der Waals surface area contributed by atoms with Crippen LogP contribution in [0.15, 0.2) is 78.9 Å². The zero-order valence-electron chi connectivity index (χ0n) is 23.8. The molecule has 0 spiro atoms. The van der Waals surface area contributed by atoms with Crippen LogP contribution in [0, 0.1) is 6.92 Å². The number of ketones is 1. The van der Waals surface area contributed by atoms with Crippen LogP contribution in [0.4, 0.5) is 5.13 Å². The average Bonchev–Trinajstić information content (AvgIpc) is 3.38. The van der Waals surface area contributed by atoms with E-state index < -0.39 is 11.6 Å². The lowest BCUT2D eigenvalue weighted by Gasteiger charge is -2.32. The number of aliphatic hydroxyl groups is 1. The van der Waals surface area contributed by atoms with Crippen LogP contribution in [0.3, 0.4) is 0 Å². The summed E-state index contributed by atoms with van der Waals surface area (Å²) in [6.45, 7) is 6.59. The molecule has 1 aliphatic rings. The summed E-state index contributed by atoms with van der Waals surface area (Å²) in [5, 5.41) is 22.7. The third-order valence-electron chi connectivity index (χ3n) is 7.65. The van der Waals surface area contributed by atoms with Crippen molar-refractivity contribution < 1.29 is 24.5 Å². The van der Waals surface area contributed by atoms with Crippen LogP contribution in [-0.4, -0.2) is 71.7 Å². The molecule has 4 aromatic rings. The number of aromatic nitrogens is 1. The third-order valence-corrected chi connectivity index (χ3v) is 8.73. The molecule has 0 amide bonds. The van der Waals surface area contributed by atoms with Crippen LogP contribution < -0.4 is 9.64 Å². The maximum Gasteiger partial charge on any atom is 0.340 e. The molecule has 1 fully saturated rings. The van der Waals surface area contributed by atoms with Crippen molar-refractivity contribution in [3.63, 3.8) is 0 Å². The number of hydrogen-bond acceptors (Lipinski definition) is 8. The quantitative estimate of drug-likeness (QED) is 0.247. The molecule has 1 atom stereocenters. The fourth-order valence-electron chi connectivity index (χ4n) is 5.12. The van der Waals surface area contributed by atoms with Crippen LogP contribution in [0.25, 0.3) is 0 Å². The van der Waals surface area contributed by atoms with Crippen LogP contribution in [0.1, 0.15) is 37.6 Å². The molecule has 0 radical (unpaired) electrons. The number of ether oxygens (including phenoxy) is 1. The van der Waals surface area contributed by atoms with E-state index in [1.807, 2.05) is 0 Å². The molecule has 218 valence electrons. The Kier molecular flexibility index (Phi) is 9.01. The molecule has 2 heterocycles. The second-order valence-electron chi connectivity index (χ2n) is 10.6. The lowest BCUT2D eigenvalue weighted by Crippen LogP contribution is -2.44. The monoisotopic (exact) mass is 585 g/mol. The summed E-state index contributed by atoms with van der Waals surface area (Å²) in [5.74, 6) is -1.13. The summed E-state index contributed by atoms with van der Waals surface area (Å²) in [6, 6.07) is 22.0. The highest BCUT2D eigenvalue weighted by atomic mass is 32.1. The fraction of sp³-hybridized carbons (Fsp3) is 0.303. The minimum Gasteiger partial charge on any atom is -0.493 e. The van der Waals surface area contributed by atoms with Gasteiger partial charge in [0.15, 0.2) is 16.5 Å². The van der Waals surface area contributed by atoms with Gasteiger partial charge in [-0.3, -0.25) is 4.79 Å². The van der Waals surface area contributed by atoms with Gasteiger partial charge in [0.05, 0.1) is 12.3 Å². The number of benzene rings is 3. The molecule has 2 N–H and O–H groups in total. The Hall–Kier alpha value is -4.05. The lowest BCUT2D eigenvalue weighted by atomic mass is 9.82. The first-order valence-corrected chi connectivity index (χ1v) is 14.8. The second-order valence-corrected chi connectivity index (χ2v) is 11.8. The summed E-state index contributed by atoms with van der Waals surface area (Å²) in [4.78, 5) is 36.4. The Morgan fingerprint density at radius 3 is 2.31 bits per heavy atom. The Balaban J connectivity index is 1.24. The predicted molar refractivity (Wildman–Crippen MR) is 164 cm³/mol. The molecule has 5 rings (SSSR count). The molecule has 0 aliphatic carbocycles. The molecule has 1 aromatic heterocycles. The highest BCUT2D eigenvalue weighted by molar-refractivity contribution is 7.15. The molecule has 0 unspecified atom stereocenters. The molecule has 8 nitrogen and oxygen atoms in total.